The molecule has 0 radical (unpaired) electrons. The smallest absolute Gasteiger partial charge is 0.0434 e. The van der Waals surface area contributed by atoms with Crippen LogP contribution < -0.4 is 0 Å². The van der Waals surface area contributed by atoms with E-state index in [1.807, 2.05) is 11.3 Å². The summed E-state index contributed by atoms with van der Waals surface area (Å²) in [5.74, 6) is 0. The highest BCUT2D eigenvalue weighted by Crippen LogP contribution is 2.45. The molecule has 59 heavy (non-hydrogen) atoms. The van der Waals surface area contributed by atoms with E-state index in [9.17, 15) is 0 Å². The lowest BCUT2D eigenvalue weighted by Crippen LogP contribution is -2.11. The van der Waals surface area contributed by atoms with Gasteiger partial charge in [-0.05, 0) is 148 Å². The third-order valence-corrected chi connectivity index (χ3v) is 13.4. The summed E-state index contributed by atoms with van der Waals surface area (Å²) in [5.41, 5.74) is 15.2. The van der Waals surface area contributed by atoms with Gasteiger partial charge in [0.25, 0.3) is 0 Å². The predicted octanol–water partition coefficient (Wildman–Crippen LogP) is 17.3. The fraction of sp³-hybridized carbons (Fsp3) is 0.138. The third-order valence-electron chi connectivity index (χ3n) is 12.2. The van der Waals surface area contributed by atoms with Gasteiger partial charge in [0, 0.05) is 20.2 Å². The van der Waals surface area contributed by atoms with Gasteiger partial charge in [0.05, 0.1) is 0 Å². The van der Waals surface area contributed by atoms with Crippen LogP contribution in [0.5, 0.6) is 0 Å². The molecule has 1 heterocycles. The summed E-state index contributed by atoms with van der Waals surface area (Å²) < 4.78 is 2.72. The molecule has 0 aliphatic heterocycles. The summed E-state index contributed by atoms with van der Waals surface area (Å²) in [5, 5.41) is 7.87. The maximum Gasteiger partial charge on any atom is 0.0434 e. The van der Waals surface area contributed by atoms with Crippen molar-refractivity contribution in [3.05, 3.63) is 193 Å². The molecule has 0 saturated carbocycles. The highest BCUT2D eigenvalue weighted by atomic mass is 32.1. The molecule has 0 unspecified atom stereocenters. The molecule has 9 aromatic carbocycles. The number of thiophene rings is 1. The number of hydrogen-bond donors (Lipinski definition) is 0. The standard InChI is InChI=1S/C58H48S/c1-57(2,3)46-28-29-55-53(34-46)54-36-47(58(4,5)6)35-52(56(54)59-55)38-26-24-37(25-27-38)39-15-11-16-40(30-39)41-17-12-18-42(31-41)43-19-13-20-44(32-43)51-33-45-14-7-8-21-48(45)49-22-9-10-23-50(49)51/h7-36H,1-6H3. The maximum atomic E-state index is 2.45. The van der Waals surface area contributed by atoms with Gasteiger partial charge in [-0.15, -0.1) is 11.3 Å². The fourth-order valence-corrected chi connectivity index (χ4v) is 9.95. The lowest BCUT2D eigenvalue weighted by Gasteiger charge is -2.21. The monoisotopic (exact) mass is 776 g/mol. The van der Waals surface area contributed by atoms with Crippen molar-refractivity contribution in [2.45, 2.75) is 52.4 Å². The molecule has 0 spiro atoms. The molecule has 10 aromatic rings. The van der Waals surface area contributed by atoms with Crippen molar-refractivity contribution in [2.24, 2.45) is 0 Å². The van der Waals surface area contributed by atoms with Gasteiger partial charge in [-0.25, -0.2) is 0 Å². The molecular formula is C58H48S. The van der Waals surface area contributed by atoms with Crippen molar-refractivity contribution in [3.63, 3.8) is 0 Å². The first-order valence-electron chi connectivity index (χ1n) is 20.8. The highest BCUT2D eigenvalue weighted by molar-refractivity contribution is 7.26. The molecule has 286 valence electrons. The van der Waals surface area contributed by atoms with E-state index in [-0.39, 0.29) is 10.8 Å². The molecule has 0 N–H and O–H groups in total. The van der Waals surface area contributed by atoms with Crippen LogP contribution in [0, 0.1) is 0 Å². The van der Waals surface area contributed by atoms with Crippen LogP contribution in [-0.2, 0) is 10.8 Å². The lowest BCUT2D eigenvalue weighted by molar-refractivity contribution is 0.590. The van der Waals surface area contributed by atoms with Crippen molar-refractivity contribution in [1.82, 2.24) is 0 Å². The molecule has 0 bridgehead atoms. The molecule has 10 rings (SSSR count). The van der Waals surface area contributed by atoms with Crippen molar-refractivity contribution in [1.29, 1.82) is 0 Å². The number of hydrogen-bond acceptors (Lipinski definition) is 1. The summed E-state index contributed by atoms with van der Waals surface area (Å²) in [7, 11) is 0. The van der Waals surface area contributed by atoms with Crippen LogP contribution in [0.4, 0.5) is 0 Å². The molecule has 1 heteroatoms. The number of fused-ring (bicyclic) bond motifs is 6. The van der Waals surface area contributed by atoms with Gasteiger partial charge in [0.2, 0.25) is 0 Å². The van der Waals surface area contributed by atoms with Gasteiger partial charge in [-0.3, -0.25) is 0 Å². The van der Waals surface area contributed by atoms with Crippen LogP contribution in [0.15, 0.2) is 182 Å². The van der Waals surface area contributed by atoms with E-state index in [0.29, 0.717) is 0 Å². The molecule has 0 nitrogen and oxygen atoms in total. The SMILES string of the molecule is CC(C)(C)c1ccc2sc3c(-c4ccc(-c5cccc(-c6cccc(-c7cccc(-c8cc9ccccc9c9ccccc89)c7)c6)c5)cc4)cc(C(C)(C)C)cc3c2c1. The number of rotatable bonds is 5. The fourth-order valence-electron chi connectivity index (χ4n) is 8.75. The summed E-state index contributed by atoms with van der Waals surface area (Å²) >= 11 is 1.92. The first-order valence-corrected chi connectivity index (χ1v) is 21.6. The van der Waals surface area contributed by atoms with Gasteiger partial charge in [-0.2, -0.15) is 0 Å². The molecular weight excluding hydrogens is 729 g/mol. The van der Waals surface area contributed by atoms with Crippen LogP contribution in [0.25, 0.3) is 97.4 Å². The summed E-state index contributed by atoms with van der Waals surface area (Å²) in [4.78, 5) is 0. The Balaban J connectivity index is 0.982. The Bertz CT molecular complexity index is 3220. The average Bonchev–Trinajstić information content (AvgIpc) is 3.64. The zero-order chi connectivity index (χ0) is 40.5. The van der Waals surface area contributed by atoms with E-state index in [1.54, 1.807) is 0 Å². The molecule has 0 aliphatic carbocycles. The molecule has 1 aromatic heterocycles. The zero-order valence-corrected chi connectivity index (χ0v) is 35.5. The third kappa shape index (κ3) is 6.84. The summed E-state index contributed by atoms with van der Waals surface area (Å²) in [6.45, 7) is 13.9. The van der Waals surface area contributed by atoms with E-state index in [0.717, 1.165) is 0 Å². The Labute approximate surface area is 352 Å². The quantitative estimate of drug-likeness (QED) is 0.153. The average molecular weight is 777 g/mol. The van der Waals surface area contributed by atoms with Gasteiger partial charge in [0.15, 0.2) is 0 Å². The topological polar surface area (TPSA) is 0 Å². The maximum absolute atomic E-state index is 2.45. The Morgan fingerprint density at radius 3 is 1.44 bits per heavy atom. The summed E-state index contributed by atoms with van der Waals surface area (Å²) in [6, 6.07) is 68.0. The van der Waals surface area contributed by atoms with E-state index in [2.05, 4.69) is 224 Å². The minimum Gasteiger partial charge on any atom is -0.135 e. The van der Waals surface area contributed by atoms with Gasteiger partial charge < -0.3 is 0 Å². The first-order chi connectivity index (χ1) is 28.5. The zero-order valence-electron chi connectivity index (χ0n) is 34.7. The first kappa shape index (κ1) is 37.0. The largest absolute Gasteiger partial charge is 0.135 e. The van der Waals surface area contributed by atoms with Crippen molar-refractivity contribution in [3.8, 4) is 55.6 Å². The normalized spacial score (nSPS) is 12.2. The molecule has 0 fully saturated rings. The van der Waals surface area contributed by atoms with E-state index < -0.39 is 0 Å². The lowest BCUT2D eigenvalue weighted by atomic mass is 9.83. The second kappa shape index (κ2) is 14.2. The Kier molecular flexibility index (Phi) is 8.92. The number of benzene rings is 9. The van der Waals surface area contributed by atoms with Gasteiger partial charge >= 0.3 is 0 Å². The highest BCUT2D eigenvalue weighted by Gasteiger charge is 2.21. The van der Waals surface area contributed by atoms with Gasteiger partial charge in [0.1, 0.15) is 0 Å². The van der Waals surface area contributed by atoms with E-state index in [4.69, 9.17) is 0 Å². The summed E-state index contributed by atoms with van der Waals surface area (Å²) in [6.07, 6.45) is 0. The van der Waals surface area contributed by atoms with Crippen molar-refractivity contribution in [2.75, 3.05) is 0 Å². The van der Waals surface area contributed by atoms with Crippen molar-refractivity contribution < 1.29 is 0 Å². The molecule has 0 saturated heterocycles. The van der Waals surface area contributed by atoms with Crippen molar-refractivity contribution >= 4 is 53.1 Å². The van der Waals surface area contributed by atoms with Crippen LogP contribution in [-0.4, -0.2) is 0 Å². The second-order valence-corrected chi connectivity index (χ2v) is 19.3. The van der Waals surface area contributed by atoms with Crippen LogP contribution in [0.1, 0.15) is 52.7 Å². The molecule has 0 aliphatic rings. The Morgan fingerprint density at radius 2 is 0.814 bits per heavy atom. The minimum atomic E-state index is 0.0332. The van der Waals surface area contributed by atoms with E-state index >= 15 is 0 Å². The van der Waals surface area contributed by atoms with Crippen LogP contribution in [0.3, 0.4) is 0 Å². The minimum absolute atomic E-state index is 0.0332. The molecule has 0 amide bonds. The Hall–Kier alpha value is -6.28. The van der Waals surface area contributed by atoms with E-state index in [1.165, 1.54) is 108 Å². The molecule has 0 atom stereocenters. The predicted molar refractivity (Wildman–Crippen MR) is 259 cm³/mol. The Morgan fingerprint density at radius 1 is 0.305 bits per heavy atom. The van der Waals surface area contributed by atoms with Gasteiger partial charge in [-0.1, -0.05) is 175 Å². The van der Waals surface area contributed by atoms with Crippen LogP contribution in [0.2, 0.25) is 0 Å². The second-order valence-electron chi connectivity index (χ2n) is 18.2. The van der Waals surface area contributed by atoms with Crippen LogP contribution >= 0.6 is 11.3 Å².